The number of rotatable bonds is 11. The molecule has 0 unspecified atom stereocenters. The molecule has 0 spiro atoms. The summed E-state index contributed by atoms with van der Waals surface area (Å²) in [6, 6.07) is 17.9. The molecule has 0 saturated heterocycles. The molecule has 0 radical (unpaired) electrons. The van der Waals surface area contributed by atoms with Gasteiger partial charge < -0.3 is 19.9 Å². The van der Waals surface area contributed by atoms with E-state index in [0.717, 1.165) is 10.2 Å². The van der Waals surface area contributed by atoms with E-state index < -0.39 is 11.7 Å². The minimum atomic E-state index is -0.687. The summed E-state index contributed by atoms with van der Waals surface area (Å²) in [5, 5.41) is 20.0. The molecule has 0 bridgehead atoms. The number of methoxy groups -OCH3 is 1. The van der Waals surface area contributed by atoms with Gasteiger partial charge in [-0.3, -0.25) is 4.79 Å². The van der Waals surface area contributed by atoms with Crippen LogP contribution in [0.5, 0.6) is 17.2 Å². The first-order valence-electron chi connectivity index (χ1n) is 12.6. The monoisotopic (exact) mass is 606 g/mol. The van der Waals surface area contributed by atoms with Crippen LogP contribution in [0.25, 0.3) is 5.82 Å². The lowest BCUT2D eigenvalue weighted by Gasteiger charge is -2.12. The van der Waals surface area contributed by atoms with Crippen LogP contribution >= 0.6 is 11.6 Å². The maximum absolute atomic E-state index is 13.3. The normalized spacial score (nSPS) is 11.3. The van der Waals surface area contributed by atoms with Gasteiger partial charge >= 0.3 is 0 Å². The zero-order valence-electron chi connectivity index (χ0n) is 22.8. The zero-order valence-corrected chi connectivity index (χ0v) is 23.6. The number of carbonyl (C=O) groups is 1. The van der Waals surface area contributed by atoms with E-state index in [4.69, 9.17) is 31.5 Å². The number of benzene rings is 3. The summed E-state index contributed by atoms with van der Waals surface area (Å²) >= 11 is 5.95. The lowest BCUT2D eigenvalue weighted by Crippen LogP contribution is -2.22. The van der Waals surface area contributed by atoms with E-state index in [-0.39, 0.29) is 29.6 Å². The minimum absolute atomic E-state index is 0.00871. The Morgan fingerprint density at radius 1 is 1.05 bits per heavy atom. The van der Waals surface area contributed by atoms with E-state index in [0.29, 0.717) is 40.2 Å². The second-order valence-electron chi connectivity index (χ2n) is 8.93. The summed E-state index contributed by atoms with van der Waals surface area (Å²) in [4.78, 5) is 13.2. The molecule has 5 rings (SSSR count). The molecule has 13 nitrogen and oxygen atoms in total. The summed E-state index contributed by atoms with van der Waals surface area (Å²) in [6.07, 6.45) is 0. The lowest BCUT2D eigenvalue weighted by atomic mass is 10.1. The fourth-order valence-corrected chi connectivity index (χ4v) is 3.93. The number of ether oxygens (including phenoxy) is 3. The zero-order chi connectivity index (χ0) is 30.3. The van der Waals surface area contributed by atoms with Gasteiger partial charge in [0.1, 0.15) is 30.5 Å². The van der Waals surface area contributed by atoms with Gasteiger partial charge in [-0.15, -0.1) is 5.10 Å². The molecular weight excluding hydrogens is 583 g/mol. The molecule has 0 fully saturated rings. The standard InChI is InChI=1S/C28H24ClFN8O5/c1-16(18-5-12-23(24(13-18)40-2)42-14-17-3-6-19(29)7-4-17)32-34-28(39)25-22(15-41-21-10-8-20(30)9-11-21)38(37-33-25)27-26(31)35-43-36-27/h3-13H,14-15H2,1-2H3,(H2,31,35)(H,34,39)/b32-16-. The molecule has 1 amide bonds. The van der Waals surface area contributed by atoms with Crippen molar-refractivity contribution in [1.29, 1.82) is 0 Å². The van der Waals surface area contributed by atoms with Gasteiger partial charge in [0.15, 0.2) is 17.2 Å². The molecule has 3 N–H and O–H groups in total. The van der Waals surface area contributed by atoms with Gasteiger partial charge in [0.25, 0.3) is 5.91 Å². The topological polar surface area (TPSA) is 165 Å². The van der Waals surface area contributed by atoms with E-state index in [9.17, 15) is 9.18 Å². The van der Waals surface area contributed by atoms with Gasteiger partial charge in [0.05, 0.1) is 12.8 Å². The molecule has 15 heteroatoms. The summed E-state index contributed by atoms with van der Waals surface area (Å²) in [5.41, 5.74) is 10.4. The summed E-state index contributed by atoms with van der Waals surface area (Å²) in [7, 11) is 1.53. The SMILES string of the molecule is COc1cc(/C(C)=N\NC(=O)c2nnn(-c3nonc3N)c2COc2ccc(F)cc2)ccc1OCc1ccc(Cl)cc1. The number of hydrazone groups is 1. The van der Waals surface area contributed by atoms with Crippen molar-refractivity contribution in [3.63, 3.8) is 0 Å². The predicted molar refractivity (Wildman–Crippen MR) is 153 cm³/mol. The van der Waals surface area contributed by atoms with E-state index >= 15 is 0 Å². The Morgan fingerprint density at radius 2 is 1.81 bits per heavy atom. The molecule has 2 heterocycles. The quantitative estimate of drug-likeness (QED) is 0.163. The molecule has 220 valence electrons. The first kappa shape index (κ1) is 29.0. The van der Waals surface area contributed by atoms with E-state index in [1.807, 2.05) is 12.1 Å². The van der Waals surface area contributed by atoms with Crippen LogP contribution in [0.4, 0.5) is 10.2 Å². The molecule has 43 heavy (non-hydrogen) atoms. The maximum Gasteiger partial charge on any atom is 0.293 e. The van der Waals surface area contributed by atoms with Crippen molar-refractivity contribution in [2.45, 2.75) is 20.1 Å². The number of nitrogens with two attached hydrogens (primary N) is 1. The van der Waals surface area contributed by atoms with Crippen LogP contribution in [0.2, 0.25) is 5.02 Å². The fraction of sp³-hybridized carbons (Fsp3) is 0.143. The third-order valence-corrected chi connectivity index (χ3v) is 6.33. The molecule has 2 aromatic heterocycles. The molecule has 0 aliphatic rings. The Labute approximate surface area is 249 Å². The number of carbonyl (C=O) groups excluding carboxylic acids is 1. The van der Waals surface area contributed by atoms with Crippen LogP contribution in [0.3, 0.4) is 0 Å². The van der Waals surface area contributed by atoms with Crippen LogP contribution in [0.15, 0.2) is 76.5 Å². The first-order valence-corrected chi connectivity index (χ1v) is 13.0. The molecule has 0 aliphatic heterocycles. The van der Waals surface area contributed by atoms with Gasteiger partial charge in [-0.1, -0.05) is 28.9 Å². The molecule has 0 saturated carbocycles. The number of hydrogen-bond acceptors (Lipinski definition) is 11. The second-order valence-corrected chi connectivity index (χ2v) is 9.37. The fourth-order valence-electron chi connectivity index (χ4n) is 3.80. The van der Waals surface area contributed by atoms with Crippen molar-refractivity contribution in [3.8, 4) is 23.1 Å². The Bertz CT molecular complexity index is 1760. The van der Waals surface area contributed by atoms with E-state index in [1.54, 1.807) is 37.3 Å². The van der Waals surface area contributed by atoms with E-state index in [1.165, 1.54) is 31.4 Å². The van der Waals surface area contributed by atoms with Crippen molar-refractivity contribution in [3.05, 3.63) is 100 Å². The van der Waals surface area contributed by atoms with Gasteiger partial charge in [0.2, 0.25) is 11.6 Å². The van der Waals surface area contributed by atoms with Crippen molar-refractivity contribution >= 4 is 29.0 Å². The summed E-state index contributed by atoms with van der Waals surface area (Å²) < 4.78 is 36.3. The summed E-state index contributed by atoms with van der Waals surface area (Å²) in [5.74, 6) is 0.170. The number of aromatic nitrogens is 5. The number of anilines is 1. The number of halogens is 2. The maximum atomic E-state index is 13.3. The lowest BCUT2D eigenvalue weighted by molar-refractivity contribution is 0.0947. The Balaban J connectivity index is 1.32. The van der Waals surface area contributed by atoms with Gasteiger partial charge in [0, 0.05) is 10.6 Å². The highest BCUT2D eigenvalue weighted by Gasteiger charge is 2.24. The largest absolute Gasteiger partial charge is 0.493 e. The van der Waals surface area contributed by atoms with Crippen LogP contribution in [-0.4, -0.2) is 44.0 Å². The Kier molecular flexibility index (Phi) is 8.77. The smallest absolute Gasteiger partial charge is 0.293 e. The number of amides is 1. The van der Waals surface area contributed by atoms with Crippen molar-refractivity contribution in [1.82, 2.24) is 30.7 Å². The number of nitrogen functional groups attached to an aromatic ring is 1. The minimum Gasteiger partial charge on any atom is -0.493 e. The number of nitrogens with zero attached hydrogens (tertiary/aromatic N) is 6. The van der Waals surface area contributed by atoms with Gasteiger partial charge in [-0.25, -0.2) is 14.4 Å². The Morgan fingerprint density at radius 3 is 2.51 bits per heavy atom. The van der Waals surface area contributed by atoms with Crippen LogP contribution < -0.4 is 25.4 Å². The predicted octanol–water partition coefficient (Wildman–Crippen LogP) is 4.35. The number of hydrogen-bond donors (Lipinski definition) is 2. The summed E-state index contributed by atoms with van der Waals surface area (Å²) in [6.45, 7) is 1.82. The highest BCUT2D eigenvalue weighted by molar-refractivity contribution is 6.30. The molecule has 0 aliphatic carbocycles. The van der Waals surface area contributed by atoms with Crippen LogP contribution in [0.1, 0.15) is 34.2 Å². The van der Waals surface area contributed by atoms with Crippen molar-refractivity contribution < 1.29 is 28.0 Å². The average molecular weight is 607 g/mol. The Hall–Kier alpha value is -5.50. The third-order valence-electron chi connectivity index (χ3n) is 6.08. The van der Waals surface area contributed by atoms with Gasteiger partial charge in [-0.2, -0.15) is 9.78 Å². The third kappa shape index (κ3) is 6.87. The van der Waals surface area contributed by atoms with Gasteiger partial charge in [-0.05, 0) is 77.4 Å². The molecule has 0 atom stereocenters. The van der Waals surface area contributed by atoms with Crippen molar-refractivity contribution in [2.24, 2.45) is 5.10 Å². The first-order chi connectivity index (χ1) is 20.8. The molecular formula is C28H24ClFN8O5. The molecule has 5 aromatic rings. The highest BCUT2D eigenvalue weighted by atomic mass is 35.5. The second kappa shape index (κ2) is 13.0. The average Bonchev–Trinajstić information content (AvgIpc) is 3.64. The van der Waals surface area contributed by atoms with E-state index in [2.05, 4.69) is 35.8 Å². The highest BCUT2D eigenvalue weighted by Crippen LogP contribution is 2.29. The van der Waals surface area contributed by atoms with Crippen LogP contribution in [-0.2, 0) is 13.2 Å². The van der Waals surface area contributed by atoms with Crippen LogP contribution in [0, 0.1) is 5.82 Å². The number of nitrogens with one attached hydrogen (secondary N) is 1. The molecule has 3 aromatic carbocycles. The van der Waals surface area contributed by atoms with Crippen molar-refractivity contribution in [2.75, 3.05) is 12.8 Å².